The number of nitro benzene ring substituents is 1. The van der Waals surface area contributed by atoms with Crippen molar-refractivity contribution in [1.29, 1.82) is 0 Å². The minimum atomic E-state index is -0.556. The highest BCUT2D eigenvalue weighted by Crippen LogP contribution is 2.16. The van der Waals surface area contributed by atoms with Crippen molar-refractivity contribution in [3.8, 4) is 0 Å². The number of non-ortho nitro benzene ring substituents is 1. The first-order chi connectivity index (χ1) is 13.0. The Kier molecular flexibility index (Phi) is 3.96. The molecule has 1 N–H and O–H groups in total. The molecule has 27 heavy (non-hydrogen) atoms. The molecule has 4 rings (SSSR count). The Labute approximate surface area is 151 Å². The van der Waals surface area contributed by atoms with E-state index in [0.29, 0.717) is 28.7 Å². The Balaban J connectivity index is 1.68. The smallest absolute Gasteiger partial charge is 0.270 e. The Morgan fingerprint density at radius 1 is 1.07 bits per heavy atom. The maximum Gasteiger partial charge on any atom is 0.270 e. The van der Waals surface area contributed by atoms with Gasteiger partial charge in [-0.2, -0.15) is 0 Å². The minimum absolute atomic E-state index is 0.167. The molecule has 9 heteroatoms. The maximum atomic E-state index is 12.6. The first-order valence-electron chi connectivity index (χ1n) is 8.14. The van der Waals surface area contributed by atoms with Crippen LogP contribution in [0.3, 0.4) is 0 Å². The van der Waals surface area contributed by atoms with E-state index in [9.17, 15) is 19.7 Å². The van der Waals surface area contributed by atoms with Crippen molar-refractivity contribution < 1.29 is 4.92 Å². The monoisotopic (exact) mass is 363 g/mol. The molecule has 0 saturated heterocycles. The van der Waals surface area contributed by atoms with Crippen LogP contribution in [-0.4, -0.2) is 24.4 Å². The molecule has 0 fully saturated rings. The Morgan fingerprint density at radius 2 is 1.89 bits per heavy atom. The van der Waals surface area contributed by atoms with Gasteiger partial charge in [-0.15, -0.1) is 0 Å². The molecule has 134 valence electrons. The summed E-state index contributed by atoms with van der Waals surface area (Å²) in [6, 6.07) is 11.0. The van der Waals surface area contributed by atoms with Gasteiger partial charge in [0.1, 0.15) is 5.82 Å². The molecule has 0 aliphatic carbocycles. The zero-order valence-electron chi connectivity index (χ0n) is 14.0. The quantitative estimate of drug-likeness (QED) is 0.435. The summed E-state index contributed by atoms with van der Waals surface area (Å²) in [6.45, 7) is 0.228. The van der Waals surface area contributed by atoms with E-state index < -0.39 is 4.92 Å². The summed E-state index contributed by atoms with van der Waals surface area (Å²) in [5.41, 5.74) is 0.177. The van der Waals surface area contributed by atoms with E-state index in [2.05, 4.69) is 15.0 Å². The van der Waals surface area contributed by atoms with Crippen LogP contribution >= 0.6 is 0 Å². The van der Waals surface area contributed by atoms with Gasteiger partial charge in [-0.25, -0.2) is 9.97 Å². The molecule has 0 aliphatic heterocycles. The third-order valence-electron chi connectivity index (χ3n) is 4.27. The number of nitrogens with zero attached hydrogens (tertiary/aromatic N) is 4. The molecular formula is C18H13N5O4. The van der Waals surface area contributed by atoms with Crippen LogP contribution in [0, 0.1) is 10.1 Å². The summed E-state index contributed by atoms with van der Waals surface area (Å²) >= 11 is 0. The van der Waals surface area contributed by atoms with Crippen LogP contribution in [0.25, 0.3) is 21.8 Å². The summed E-state index contributed by atoms with van der Waals surface area (Å²) in [6.07, 6.45) is 1.69. The van der Waals surface area contributed by atoms with Crippen LogP contribution < -0.4 is 11.1 Å². The van der Waals surface area contributed by atoms with Crippen molar-refractivity contribution in [1.82, 2.24) is 19.5 Å². The second kappa shape index (κ2) is 6.45. The number of para-hydroxylation sites is 1. The lowest BCUT2D eigenvalue weighted by Crippen LogP contribution is -2.23. The molecular weight excluding hydrogens is 350 g/mol. The average molecular weight is 363 g/mol. The van der Waals surface area contributed by atoms with E-state index in [0.717, 1.165) is 0 Å². The number of nitro groups is 1. The van der Waals surface area contributed by atoms with Crippen molar-refractivity contribution in [2.75, 3.05) is 0 Å². The van der Waals surface area contributed by atoms with Gasteiger partial charge in [0.25, 0.3) is 16.8 Å². The van der Waals surface area contributed by atoms with Gasteiger partial charge >= 0.3 is 0 Å². The summed E-state index contributed by atoms with van der Waals surface area (Å²) in [5, 5.41) is 11.6. The van der Waals surface area contributed by atoms with Crippen molar-refractivity contribution in [3.63, 3.8) is 0 Å². The fourth-order valence-corrected chi connectivity index (χ4v) is 2.90. The molecule has 0 radical (unpaired) electrons. The SMILES string of the molecule is O=c1[nH]c(CCn2cnc3ccc([N+](=O)[O-])cc3c2=O)nc2ccccc12. The number of benzene rings is 2. The van der Waals surface area contributed by atoms with Gasteiger partial charge in [-0.1, -0.05) is 12.1 Å². The van der Waals surface area contributed by atoms with Gasteiger partial charge in [0.15, 0.2) is 0 Å². The van der Waals surface area contributed by atoms with Crippen molar-refractivity contribution >= 4 is 27.5 Å². The van der Waals surface area contributed by atoms with Crippen LogP contribution in [0.2, 0.25) is 0 Å². The van der Waals surface area contributed by atoms with Gasteiger partial charge in [-0.05, 0) is 18.2 Å². The molecule has 0 unspecified atom stereocenters. The van der Waals surface area contributed by atoms with E-state index in [-0.39, 0.29) is 28.7 Å². The highest BCUT2D eigenvalue weighted by molar-refractivity contribution is 5.80. The van der Waals surface area contributed by atoms with E-state index in [1.165, 1.54) is 29.1 Å². The highest BCUT2D eigenvalue weighted by Gasteiger charge is 2.11. The van der Waals surface area contributed by atoms with Crippen molar-refractivity contribution in [2.24, 2.45) is 0 Å². The third-order valence-corrected chi connectivity index (χ3v) is 4.27. The molecule has 0 spiro atoms. The fraction of sp³-hybridized carbons (Fsp3) is 0.111. The summed E-state index contributed by atoms with van der Waals surface area (Å²) in [7, 11) is 0. The van der Waals surface area contributed by atoms with Gasteiger partial charge < -0.3 is 4.98 Å². The zero-order chi connectivity index (χ0) is 19.0. The van der Waals surface area contributed by atoms with Crippen LogP contribution in [0.1, 0.15) is 5.82 Å². The van der Waals surface area contributed by atoms with Crippen molar-refractivity contribution in [2.45, 2.75) is 13.0 Å². The standard InChI is InChI=1S/C18H13N5O4/c24-17-12-3-1-2-4-15(12)20-16(21-17)7-8-22-10-19-14-6-5-11(23(26)27)9-13(14)18(22)25/h1-6,9-10H,7-8H2,(H,20,21,24). The predicted molar refractivity (Wildman–Crippen MR) is 98.7 cm³/mol. The van der Waals surface area contributed by atoms with E-state index in [1.807, 2.05) is 0 Å². The number of aryl methyl sites for hydroxylation is 2. The Hall–Kier alpha value is -3.88. The zero-order valence-corrected chi connectivity index (χ0v) is 14.0. The number of hydrogen-bond acceptors (Lipinski definition) is 6. The lowest BCUT2D eigenvalue weighted by Gasteiger charge is -2.07. The van der Waals surface area contributed by atoms with Crippen LogP contribution in [-0.2, 0) is 13.0 Å². The molecule has 2 heterocycles. The maximum absolute atomic E-state index is 12.6. The van der Waals surface area contributed by atoms with Crippen molar-refractivity contribution in [3.05, 3.63) is 85.4 Å². The van der Waals surface area contributed by atoms with Gasteiger partial charge in [-0.3, -0.25) is 24.3 Å². The molecule has 0 aliphatic rings. The summed E-state index contributed by atoms with van der Waals surface area (Å²) < 4.78 is 1.35. The molecule has 2 aromatic carbocycles. The number of fused-ring (bicyclic) bond motifs is 2. The van der Waals surface area contributed by atoms with E-state index >= 15 is 0 Å². The first-order valence-corrected chi connectivity index (χ1v) is 8.14. The second-order valence-electron chi connectivity index (χ2n) is 5.98. The summed E-state index contributed by atoms with van der Waals surface area (Å²) in [4.78, 5) is 46.4. The average Bonchev–Trinajstić information content (AvgIpc) is 2.67. The number of aromatic amines is 1. The molecule has 0 amide bonds. The summed E-state index contributed by atoms with van der Waals surface area (Å²) in [5.74, 6) is 0.449. The normalized spacial score (nSPS) is 11.1. The van der Waals surface area contributed by atoms with Crippen LogP contribution in [0.4, 0.5) is 5.69 Å². The number of H-pyrrole nitrogens is 1. The molecule has 0 saturated carbocycles. The van der Waals surface area contributed by atoms with E-state index in [1.54, 1.807) is 24.3 Å². The van der Waals surface area contributed by atoms with E-state index in [4.69, 9.17) is 0 Å². The van der Waals surface area contributed by atoms with Crippen LogP contribution in [0.5, 0.6) is 0 Å². The molecule has 0 atom stereocenters. The van der Waals surface area contributed by atoms with Gasteiger partial charge in [0.2, 0.25) is 0 Å². The minimum Gasteiger partial charge on any atom is -0.310 e. The topological polar surface area (TPSA) is 124 Å². The lowest BCUT2D eigenvalue weighted by molar-refractivity contribution is -0.384. The Morgan fingerprint density at radius 3 is 2.70 bits per heavy atom. The predicted octanol–water partition coefficient (Wildman–Crippen LogP) is 1.78. The number of rotatable bonds is 4. The fourth-order valence-electron chi connectivity index (χ4n) is 2.90. The molecule has 0 bridgehead atoms. The first kappa shape index (κ1) is 16.6. The highest BCUT2D eigenvalue weighted by atomic mass is 16.6. The third kappa shape index (κ3) is 3.06. The molecule has 2 aromatic heterocycles. The molecule has 9 nitrogen and oxygen atoms in total. The lowest BCUT2D eigenvalue weighted by atomic mass is 10.2. The number of hydrogen-bond donors (Lipinski definition) is 1. The van der Waals surface area contributed by atoms with Gasteiger partial charge in [0.05, 0.1) is 33.1 Å². The van der Waals surface area contributed by atoms with Gasteiger partial charge in [0, 0.05) is 25.1 Å². The second-order valence-corrected chi connectivity index (χ2v) is 5.98. The van der Waals surface area contributed by atoms with Crippen LogP contribution in [0.15, 0.2) is 58.4 Å². The number of nitrogens with one attached hydrogen (secondary N) is 1. The Bertz CT molecular complexity index is 1310. The largest absolute Gasteiger partial charge is 0.310 e. The number of aromatic nitrogens is 4. The molecule has 4 aromatic rings.